The van der Waals surface area contributed by atoms with E-state index in [4.69, 9.17) is 14.2 Å². The van der Waals surface area contributed by atoms with Gasteiger partial charge in [0.1, 0.15) is 5.75 Å². The molecule has 4 aromatic carbocycles. The summed E-state index contributed by atoms with van der Waals surface area (Å²) in [6, 6.07) is 33.0. The highest BCUT2D eigenvalue weighted by molar-refractivity contribution is 6.16. The smallest absolute Gasteiger partial charge is 0.265 e. The number of aromatic nitrogens is 1. The fourth-order valence-corrected chi connectivity index (χ4v) is 9.28. The molecule has 6 heterocycles. The van der Waals surface area contributed by atoms with Crippen LogP contribution in [-0.2, 0) is 24.1 Å². The Morgan fingerprint density at radius 1 is 0.800 bits per heavy atom. The lowest BCUT2D eigenvalue weighted by Gasteiger charge is -2.40. The van der Waals surface area contributed by atoms with Gasteiger partial charge in [0.05, 0.1) is 35.6 Å². The summed E-state index contributed by atoms with van der Waals surface area (Å²) < 4.78 is 19.5. The molecule has 12 heteroatoms. The number of aromatic hydroxyl groups is 1. The van der Waals surface area contributed by atoms with E-state index in [1.165, 1.54) is 16.8 Å². The first-order valence-corrected chi connectivity index (χ1v) is 20.6. The van der Waals surface area contributed by atoms with Gasteiger partial charge >= 0.3 is 0 Å². The van der Waals surface area contributed by atoms with Crippen LogP contribution in [0.5, 0.6) is 17.2 Å². The summed E-state index contributed by atoms with van der Waals surface area (Å²) in [5.74, 6) is 0.829. The number of phenolic OH excluding ortho intramolecular Hbond substituents is 1. The van der Waals surface area contributed by atoms with Crippen LogP contribution in [0, 0.1) is 0 Å². The highest BCUT2D eigenvalue weighted by Gasteiger charge is 2.35. The molecule has 0 radical (unpaired) electrons. The zero-order chi connectivity index (χ0) is 40.2. The van der Waals surface area contributed by atoms with Crippen LogP contribution in [0.3, 0.4) is 0 Å². The molecule has 0 saturated carbocycles. The molecule has 1 saturated heterocycles. The Bertz CT molecular complexity index is 2590. The molecule has 4 aliphatic heterocycles. The van der Waals surface area contributed by atoms with Crippen molar-refractivity contribution >= 4 is 46.8 Å². The van der Waals surface area contributed by atoms with Gasteiger partial charge in [0.15, 0.2) is 11.5 Å². The Kier molecular flexibility index (Phi) is 10.7. The first-order chi connectivity index (χ1) is 28.8. The molecule has 0 spiro atoms. The Hall–Kier alpha value is -6.01. The maximum Gasteiger partial charge on any atom is 0.265 e. The molecule has 308 valence electrons. The number of nitrogens with zero attached hydrogens (tertiary/aromatic N) is 5. The minimum absolute atomic E-state index is 0. The van der Waals surface area contributed by atoms with Crippen LogP contribution in [-0.4, -0.2) is 89.4 Å². The van der Waals surface area contributed by atoms with Gasteiger partial charge in [0, 0.05) is 73.6 Å². The monoisotopic (exact) mass is 825 g/mol. The third-order valence-electron chi connectivity index (χ3n) is 12.3. The van der Waals surface area contributed by atoms with Crippen molar-refractivity contribution in [1.29, 1.82) is 0 Å². The molecular formula is C48H48ClN5O6. The first kappa shape index (κ1) is 39.5. The molecule has 1 fully saturated rings. The topological polar surface area (TPSA) is 99.4 Å². The Labute approximate surface area is 355 Å². The molecule has 1 N–H and O–H groups in total. The second kappa shape index (κ2) is 16.2. The summed E-state index contributed by atoms with van der Waals surface area (Å²) in [5.41, 5.74) is 9.09. The summed E-state index contributed by atoms with van der Waals surface area (Å²) in [6.45, 7) is 9.59. The molecule has 0 aliphatic carbocycles. The molecule has 6 aromatic rings. The number of carbonyl (C=O) groups is 2. The van der Waals surface area contributed by atoms with Crippen molar-refractivity contribution in [1.82, 2.24) is 14.2 Å². The fourth-order valence-electron chi connectivity index (χ4n) is 9.28. The standard InChI is InChI=1S/C48H47N5O6.ClH/c1-31(2)50-18-16-33-24-36(12-15-42(33)50)53(35-10-13-38(54)14-11-35)48(56)41-25-44(51-17-6-5-9-43(41)51)39-26-45-46(59-30-58-45)27-40(39)47(55)52-28-34-8-4-3-7-32(34)23-37(52)29-49-19-21-57-22-20-49;/h3-15,17,24-27,31,37,54H,16,18-23,28-30H2,1-2H3;1H/t37-;/m0./s1. The first-order valence-electron chi connectivity index (χ1n) is 20.6. The van der Waals surface area contributed by atoms with Gasteiger partial charge in [-0.2, -0.15) is 0 Å². The number of phenols is 1. The zero-order valence-corrected chi connectivity index (χ0v) is 34.6. The van der Waals surface area contributed by atoms with Crippen molar-refractivity contribution in [2.45, 2.75) is 45.3 Å². The summed E-state index contributed by atoms with van der Waals surface area (Å²) >= 11 is 0. The van der Waals surface area contributed by atoms with Gasteiger partial charge in [-0.1, -0.05) is 30.3 Å². The largest absolute Gasteiger partial charge is 0.508 e. The maximum absolute atomic E-state index is 15.3. The quantitative estimate of drug-likeness (QED) is 0.165. The molecule has 11 nitrogen and oxygen atoms in total. The molecule has 10 rings (SSSR count). The predicted molar refractivity (Wildman–Crippen MR) is 234 cm³/mol. The molecule has 2 amide bonds. The van der Waals surface area contributed by atoms with Crippen molar-refractivity contribution in [3.63, 3.8) is 0 Å². The number of anilines is 3. The van der Waals surface area contributed by atoms with Gasteiger partial charge in [-0.05, 0) is 116 Å². The van der Waals surface area contributed by atoms with Crippen LogP contribution in [0.25, 0.3) is 16.8 Å². The number of hydrogen-bond acceptors (Lipinski definition) is 8. The van der Waals surface area contributed by atoms with Gasteiger partial charge in [0.2, 0.25) is 6.79 Å². The fraction of sp³-hybridized carbons (Fsp3) is 0.292. The van der Waals surface area contributed by atoms with E-state index in [1.807, 2.05) is 64.0 Å². The molecule has 4 aliphatic rings. The number of ether oxygens (including phenoxy) is 3. The highest BCUT2D eigenvalue weighted by atomic mass is 35.5. The van der Waals surface area contributed by atoms with E-state index in [0.717, 1.165) is 50.3 Å². The molecular weight excluding hydrogens is 778 g/mol. The van der Waals surface area contributed by atoms with Crippen molar-refractivity contribution < 1.29 is 28.9 Å². The maximum atomic E-state index is 15.3. The summed E-state index contributed by atoms with van der Waals surface area (Å²) in [5, 5.41) is 10.3. The lowest BCUT2D eigenvalue weighted by atomic mass is 9.92. The second-order valence-corrected chi connectivity index (χ2v) is 16.1. The summed E-state index contributed by atoms with van der Waals surface area (Å²) in [4.78, 5) is 39.1. The van der Waals surface area contributed by atoms with Crippen molar-refractivity contribution in [3.8, 4) is 28.5 Å². The van der Waals surface area contributed by atoms with Crippen LogP contribution in [0.2, 0.25) is 0 Å². The third kappa shape index (κ3) is 7.10. The van der Waals surface area contributed by atoms with E-state index in [1.54, 1.807) is 29.2 Å². The van der Waals surface area contributed by atoms with E-state index < -0.39 is 0 Å². The molecule has 0 unspecified atom stereocenters. The normalized spacial score (nSPS) is 17.1. The van der Waals surface area contributed by atoms with Gasteiger partial charge in [-0.3, -0.25) is 19.4 Å². The Morgan fingerprint density at radius 3 is 2.32 bits per heavy atom. The molecule has 60 heavy (non-hydrogen) atoms. The lowest BCUT2D eigenvalue weighted by molar-refractivity contribution is 0.0193. The molecule has 1 atom stereocenters. The minimum Gasteiger partial charge on any atom is -0.508 e. The average molecular weight is 826 g/mol. The third-order valence-corrected chi connectivity index (χ3v) is 12.3. The number of amides is 2. The van der Waals surface area contributed by atoms with Crippen LogP contribution >= 0.6 is 12.4 Å². The van der Waals surface area contributed by atoms with Crippen molar-refractivity contribution in [2.75, 3.05) is 56.0 Å². The highest BCUT2D eigenvalue weighted by Crippen LogP contribution is 2.43. The van der Waals surface area contributed by atoms with Crippen molar-refractivity contribution in [3.05, 3.63) is 137 Å². The molecule has 2 aromatic heterocycles. The number of pyridine rings is 1. The van der Waals surface area contributed by atoms with E-state index >= 15 is 9.59 Å². The van der Waals surface area contributed by atoms with E-state index in [2.05, 4.69) is 54.0 Å². The van der Waals surface area contributed by atoms with Gasteiger partial charge in [-0.25, -0.2) is 0 Å². The van der Waals surface area contributed by atoms with Crippen molar-refractivity contribution in [2.24, 2.45) is 0 Å². The number of fused-ring (bicyclic) bond motifs is 4. The molecule has 0 bridgehead atoms. The van der Waals surface area contributed by atoms with E-state index in [9.17, 15) is 5.11 Å². The number of halogens is 1. The number of benzene rings is 4. The van der Waals surface area contributed by atoms with Gasteiger partial charge in [-0.15, -0.1) is 12.4 Å². The van der Waals surface area contributed by atoms with E-state index in [-0.39, 0.29) is 42.8 Å². The van der Waals surface area contributed by atoms with Crippen LogP contribution in [0.15, 0.2) is 109 Å². The predicted octanol–water partition coefficient (Wildman–Crippen LogP) is 8.11. The van der Waals surface area contributed by atoms with Gasteiger partial charge < -0.3 is 33.5 Å². The number of rotatable bonds is 8. The van der Waals surface area contributed by atoms with Crippen LogP contribution < -0.4 is 19.3 Å². The van der Waals surface area contributed by atoms with E-state index in [0.29, 0.717) is 70.9 Å². The minimum atomic E-state index is -0.240. The van der Waals surface area contributed by atoms with Crippen LogP contribution in [0.4, 0.5) is 17.1 Å². The number of hydrogen-bond donors (Lipinski definition) is 1. The Morgan fingerprint density at radius 2 is 1.53 bits per heavy atom. The Balaban J connectivity index is 0.00000462. The zero-order valence-electron chi connectivity index (χ0n) is 33.8. The SMILES string of the molecule is CC(C)N1CCc2cc(N(C(=O)c3cc(-c4cc5c(cc4C(=O)N4Cc6ccccc6C[C@H]4CN4CCOCC4)OCO5)n4ccccc34)c3ccc(O)cc3)ccc21.Cl. The summed E-state index contributed by atoms with van der Waals surface area (Å²) in [6.07, 6.45) is 3.56. The lowest BCUT2D eigenvalue weighted by Crippen LogP contribution is -2.52. The van der Waals surface area contributed by atoms with Gasteiger partial charge in [0.25, 0.3) is 11.8 Å². The second-order valence-electron chi connectivity index (χ2n) is 16.1. The van der Waals surface area contributed by atoms with Crippen LogP contribution in [0.1, 0.15) is 51.3 Å². The average Bonchev–Trinajstić information content (AvgIpc) is 4.01. The number of morpholine rings is 1. The summed E-state index contributed by atoms with van der Waals surface area (Å²) in [7, 11) is 0. The number of carbonyl (C=O) groups excluding carboxylic acids is 2.